The zero-order valence-electron chi connectivity index (χ0n) is 8.78. The Hall–Kier alpha value is -0.720. The molecular weight excluding hydrogens is 146 g/mol. The van der Waals surface area contributed by atoms with E-state index >= 15 is 0 Å². The van der Waals surface area contributed by atoms with Gasteiger partial charge in [-0.25, -0.2) is 0 Å². The van der Waals surface area contributed by atoms with Crippen molar-refractivity contribution in [2.24, 2.45) is 5.41 Å². The van der Waals surface area contributed by atoms with Crippen molar-refractivity contribution in [1.29, 1.82) is 0 Å². The Balaban J connectivity index is 3.82. The molecule has 0 heterocycles. The van der Waals surface area contributed by atoms with E-state index in [4.69, 9.17) is 0 Å². The molecule has 0 aromatic carbocycles. The Kier molecular flexibility index (Phi) is 4.08. The second-order valence-electron chi connectivity index (χ2n) is 4.51. The lowest BCUT2D eigenvalue weighted by Crippen LogP contribution is -2.25. The molecule has 12 heavy (non-hydrogen) atoms. The van der Waals surface area contributed by atoms with Gasteiger partial charge in [-0.15, -0.1) is 6.58 Å². The van der Waals surface area contributed by atoms with E-state index in [0.717, 1.165) is 12.1 Å². The molecule has 1 atom stereocenters. The third kappa shape index (κ3) is 6.02. The monoisotopic (exact) mass is 167 g/mol. The minimum absolute atomic E-state index is 0.310. The van der Waals surface area contributed by atoms with Gasteiger partial charge in [-0.3, -0.25) is 0 Å². The van der Waals surface area contributed by atoms with Gasteiger partial charge in [0.1, 0.15) is 0 Å². The largest absolute Gasteiger partial charge is 0.383 e. The van der Waals surface area contributed by atoms with Gasteiger partial charge in [0.25, 0.3) is 0 Å². The molecule has 1 nitrogen and oxygen atoms in total. The van der Waals surface area contributed by atoms with Crippen LogP contribution in [0.15, 0.2) is 24.9 Å². The van der Waals surface area contributed by atoms with Crippen LogP contribution in [0.3, 0.4) is 0 Å². The van der Waals surface area contributed by atoms with Crippen LogP contribution in [0, 0.1) is 5.41 Å². The third-order valence-electron chi connectivity index (χ3n) is 1.53. The van der Waals surface area contributed by atoms with Crippen LogP contribution in [0.4, 0.5) is 0 Å². The Bertz CT molecular complexity index is 162. The Labute approximate surface area is 76.6 Å². The molecular formula is C11H21N. The van der Waals surface area contributed by atoms with Crippen molar-refractivity contribution in [3.63, 3.8) is 0 Å². The van der Waals surface area contributed by atoms with Gasteiger partial charge in [0, 0.05) is 11.7 Å². The van der Waals surface area contributed by atoms with Crippen molar-refractivity contribution < 1.29 is 0 Å². The second-order valence-corrected chi connectivity index (χ2v) is 4.51. The van der Waals surface area contributed by atoms with Gasteiger partial charge in [0.2, 0.25) is 0 Å². The summed E-state index contributed by atoms with van der Waals surface area (Å²) >= 11 is 0. The van der Waals surface area contributed by atoms with Gasteiger partial charge in [0.05, 0.1) is 0 Å². The van der Waals surface area contributed by atoms with Gasteiger partial charge in [0.15, 0.2) is 0 Å². The molecule has 0 amide bonds. The fourth-order valence-corrected chi connectivity index (χ4v) is 1.07. The lowest BCUT2D eigenvalue weighted by molar-refractivity contribution is 0.396. The first kappa shape index (κ1) is 11.3. The van der Waals surface area contributed by atoms with Crippen LogP contribution >= 0.6 is 0 Å². The fourth-order valence-electron chi connectivity index (χ4n) is 1.07. The highest BCUT2D eigenvalue weighted by Crippen LogP contribution is 2.21. The SMILES string of the molecule is C=CC(C)NC(=C)CC(C)(C)C. The smallest absolute Gasteiger partial charge is 0.0410 e. The zero-order chi connectivity index (χ0) is 9.78. The van der Waals surface area contributed by atoms with Crippen molar-refractivity contribution in [2.45, 2.75) is 40.2 Å². The van der Waals surface area contributed by atoms with Crippen LogP contribution in [0.2, 0.25) is 0 Å². The number of hydrogen-bond acceptors (Lipinski definition) is 1. The van der Waals surface area contributed by atoms with Crippen LogP contribution < -0.4 is 5.32 Å². The summed E-state index contributed by atoms with van der Waals surface area (Å²) in [7, 11) is 0. The normalized spacial score (nSPS) is 13.7. The molecule has 0 aliphatic carbocycles. The first-order valence-electron chi connectivity index (χ1n) is 4.42. The number of allylic oxidation sites excluding steroid dienone is 1. The summed E-state index contributed by atoms with van der Waals surface area (Å²) in [5.41, 5.74) is 1.40. The molecule has 0 bridgehead atoms. The molecule has 1 N–H and O–H groups in total. The highest BCUT2D eigenvalue weighted by molar-refractivity contribution is 4.99. The Morgan fingerprint density at radius 3 is 2.33 bits per heavy atom. The average Bonchev–Trinajstić information content (AvgIpc) is 1.82. The van der Waals surface area contributed by atoms with Crippen molar-refractivity contribution >= 4 is 0 Å². The summed E-state index contributed by atoms with van der Waals surface area (Å²) < 4.78 is 0. The lowest BCUT2D eigenvalue weighted by atomic mass is 9.91. The third-order valence-corrected chi connectivity index (χ3v) is 1.53. The first-order valence-corrected chi connectivity index (χ1v) is 4.42. The van der Waals surface area contributed by atoms with Gasteiger partial charge in [-0.1, -0.05) is 33.4 Å². The maximum atomic E-state index is 3.97. The average molecular weight is 167 g/mol. The molecule has 0 aromatic rings. The molecule has 1 unspecified atom stereocenters. The first-order chi connectivity index (χ1) is 5.35. The molecule has 0 radical (unpaired) electrons. The number of rotatable bonds is 4. The summed E-state index contributed by atoms with van der Waals surface area (Å²) in [5.74, 6) is 0. The summed E-state index contributed by atoms with van der Waals surface area (Å²) in [5, 5.41) is 3.27. The number of nitrogens with one attached hydrogen (secondary N) is 1. The molecule has 0 aliphatic heterocycles. The topological polar surface area (TPSA) is 12.0 Å². The molecule has 1 heteroatoms. The fraction of sp³-hybridized carbons (Fsp3) is 0.636. The molecule has 0 saturated carbocycles. The summed E-state index contributed by atoms with van der Waals surface area (Å²) in [6.45, 7) is 16.4. The van der Waals surface area contributed by atoms with Crippen LogP contribution in [0.25, 0.3) is 0 Å². The standard InChI is InChI=1S/C11H21N/c1-7-9(2)12-10(3)8-11(4,5)6/h7,9,12H,1,3,8H2,2,4-6H3. The van der Waals surface area contributed by atoms with Crippen LogP contribution in [0.5, 0.6) is 0 Å². The zero-order valence-corrected chi connectivity index (χ0v) is 8.78. The van der Waals surface area contributed by atoms with E-state index in [1.165, 1.54) is 0 Å². The Morgan fingerprint density at radius 1 is 1.50 bits per heavy atom. The number of hydrogen-bond donors (Lipinski definition) is 1. The van der Waals surface area contributed by atoms with Crippen LogP contribution in [0.1, 0.15) is 34.1 Å². The molecule has 0 saturated heterocycles. The maximum Gasteiger partial charge on any atom is 0.0410 e. The van der Waals surface area contributed by atoms with Crippen molar-refractivity contribution in [2.75, 3.05) is 0 Å². The maximum absolute atomic E-state index is 3.97. The summed E-state index contributed by atoms with van der Waals surface area (Å²) in [4.78, 5) is 0. The van der Waals surface area contributed by atoms with Crippen LogP contribution in [-0.2, 0) is 0 Å². The highest BCUT2D eigenvalue weighted by atomic mass is 14.9. The van der Waals surface area contributed by atoms with E-state index in [1.54, 1.807) is 0 Å². The van der Waals surface area contributed by atoms with E-state index in [1.807, 2.05) is 6.08 Å². The van der Waals surface area contributed by atoms with E-state index < -0.39 is 0 Å². The minimum Gasteiger partial charge on any atom is -0.383 e. The summed E-state index contributed by atoms with van der Waals surface area (Å²) in [6, 6.07) is 0.319. The molecule has 0 aromatic heterocycles. The van der Waals surface area contributed by atoms with Crippen molar-refractivity contribution in [1.82, 2.24) is 5.32 Å². The van der Waals surface area contributed by atoms with E-state index in [2.05, 4.69) is 46.2 Å². The van der Waals surface area contributed by atoms with Crippen molar-refractivity contribution in [3.8, 4) is 0 Å². The van der Waals surface area contributed by atoms with E-state index in [-0.39, 0.29) is 0 Å². The van der Waals surface area contributed by atoms with Crippen LogP contribution in [-0.4, -0.2) is 6.04 Å². The molecule has 0 rings (SSSR count). The second kappa shape index (κ2) is 4.34. The predicted octanol–water partition coefficient (Wildman–Crippen LogP) is 3.10. The molecule has 70 valence electrons. The molecule has 0 aliphatic rings. The van der Waals surface area contributed by atoms with Gasteiger partial charge >= 0.3 is 0 Å². The summed E-state index contributed by atoms with van der Waals surface area (Å²) in [6.07, 6.45) is 2.89. The quantitative estimate of drug-likeness (QED) is 0.634. The minimum atomic E-state index is 0.310. The predicted molar refractivity (Wildman–Crippen MR) is 56.0 cm³/mol. The molecule has 0 spiro atoms. The highest BCUT2D eigenvalue weighted by Gasteiger charge is 2.12. The van der Waals surface area contributed by atoms with Gasteiger partial charge < -0.3 is 5.32 Å². The van der Waals surface area contributed by atoms with E-state index in [9.17, 15) is 0 Å². The Morgan fingerprint density at radius 2 is 2.00 bits per heavy atom. The molecule has 0 fully saturated rings. The van der Waals surface area contributed by atoms with Gasteiger partial charge in [-0.2, -0.15) is 0 Å². The van der Waals surface area contributed by atoms with Crippen molar-refractivity contribution in [3.05, 3.63) is 24.9 Å². The van der Waals surface area contributed by atoms with E-state index in [0.29, 0.717) is 11.5 Å². The van der Waals surface area contributed by atoms with Gasteiger partial charge in [-0.05, 0) is 18.8 Å². The lowest BCUT2D eigenvalue weighted by Gasteiger charge is -2.22.